The van der Waals surface area contributed by atoms with Crippen molar-refractivity contribution in [2.45, 2.75) is 25.3 Å². The number of sulfone groups is 1. The molecule has 0 aromatic rings. The Hall–Kier alpha value is -0.130. The fourth-order valence-electron chi connectivity index (χ4n) is 2.70. The van der Waals surface area contributed by atoms with E-state index in [-0.39, 0.29) is 0 Å². The van der Waals surface area contributed by atoms with Gasteiger partial charge in [0.1, 0.15) is 0 Å². The summed E-state index contributed by atoms with van der Waals surface area (Å²) in [6, 6.07) is 0.557. The third-order valence-electron chi connectivity index (χ3n) is 3.65. The Labute approximate surface area is 98.3 Å². The SMILES string of the molecule is CN1CCCC(NCC2CCS(=O)(=O)C2)C1. The van der Waals surface area contributed by atoms with E-state index in [1.807, 2.05) is 0 Å². The number of hydrogen-bond acceptors (Lipinski definition) is 4. The molecule has 94 valence electrons. The van der Waals surface area contributed by atoms with Gasteiger partial charge in [0.15, 0.2) is 9.84 Å². The van der Waals surface area contributed by atoms with Crippen molar-refractivity contribution in [1.29, 1.82) is 0 Å². The fraction of sp³-hybridized carbons (Fsp3) is 1.00. The average Bonchev–Trinajstić information content (AvgIpc) is 2.56. The van der Waals surface area contributed by atoms with Crippen molar-refractivity contribution >= 4 is 9.84 Å². The molecule has 1 N–H and O–H groups in total. The summed E-state index contributed by atoms with van der Waals surface area (Å²) in [5, 5.41) is 3.53. The maximum Gasteiger partial charge on any atom is 0.150 e. The highest BCUT2D eigenvalue weighted by atomic mass is 32.2. The smallest absolute Gasteiger partial charge is 0.150 e. The summed E-state index contributed by atoms with van der Waals surface area (Å²) in [4.78, 5) is 2.34. The van der Waals surface area contributed by atoms with Crippen molar-refractivity contribution in [2.75, 3.05) is 38.2 Å². The normalized spacial score (nSPS) is 35.3. The molecule has 2 rings (SSSR count). The third kappa shape index (κ3) is 3.43. The second kappa shape index (κ2) is 5.02. The Kier molecular flexibility index (Phi) is 3.87. The molecule has 0 saturated carbocycles. The lowest BCUT2D eigenvalue weighted by atomic mass is 10.0. The van der Waals surface area contributed by atoms with Crippen molar-refractivity contribution in [2.24, 2.45) is 5.92 Å². The zero-order valence-corrected chi connectivity index (χ0v) is 10.8. The Balaban J connectivity index is 1.71. The van der Waals surface area contributed by atoms with Gasteiger partial charge in [-0.2, -0.15) is 0 Å². The van der Waals surface area contributed by atoms with E-state index in [0.29, 0.717) is 23.5 Å². The largest absolute Gasteiger partial charge is 0.312 e. The fourth-order valence-corrected chi connectivity index (χ4v) is 4.56. The van der Waals surface area contributed by atoms with Crippen LogP contribution in [-0.4, -0.2) is 57.5 Å². The van der Waals surface area contributed by atoms with E-state index in [0.717, 1.165) is 19.5 Å². The van der Waals surface area contributed by atoms with Crippen LogP contribution in [0.4, 0.5) is 0 Å². The Morgan fingerprint density at radius 1 is 1.38 bits per heavy atom. The van der Waals surface area contributed by atoms with E-state index in [1.165, 1.54) is 19.4 Å². The topological polar surface area (TPSA) is 49.4 Å². The van der Waals surface area contributed by atoms with E-state index in [1.54, 1.807) is 0 Å². The maximum absolute atomic E-state index is 11.3. The van der Waals surface area contributed by atoms with Gasteiger partial charge in [0.05, 0.1) is 11.5 Å². The van der Waals surface area contributed by atoms with E-state index >= 15 is 0 Å². The summed E-state index contributed by atoms with van der Waals surface area (Å²) in [7, 11) is -0.563. The predicted molar refractivity (Wildman–Crippen MR) is 65.3 cm³/mol. The lowest BCUT2D eigenvalue weighted by molar-refractivity contribution is 0.223. The second-order valence-electron chi connectivity index (χ2n) is 5.28. The molecule has 0 aliphatic carbocycles. The zero-order valence-electron chi connectivity index (χ0n) is 9.98. The van der Waals surface area contributed by atoms with Gasteiger partial charge in [-0.15, -0.1) is 0 Å². The molecule has 0 aromatic carbocycles. The van der Waals surface area contributed by atoms with E-state index in [2.05, 4.69) is 17.3 Å². The summed E-state index contributed by atoms with van der Waals surface area (Å²) >= 11 is 0. The van der Waals surface area contributed by atoms with Gasteiger partial charge >= 0.3 is 0 Å². The third-order valence-corrected chi connectivity index (χ3v) is 5.48. The van der Waals surface area contributed by atoms with Gasteiger partial charge in [-0.3, -0.25) is 0 Å². The highest BCUT2D eigenvalue weighted by molar-refractivity contribution is 7.91. The first-order chi connectivity index (χ1) is 7.55. The van der Waals surface area contributed by atoms with Crippen LogP contribution in [-0.2, 0) is 9.84 Å². The summed E-state index contributed by atoms with van der Waals surface area (Å²) in [6.45, 7) is 3.16. The molecule has 2 heterocycles. The van der Waals surface area contributed by atoms with Gasteiger partial charge in [0, 0.05) is 12.6 Å². The molecule has 0 aromatic heterocycles. The molecular formula is C11H22N2O2S. The maximum atomic E-state index is 11.3. The van der Waals surface area contributed by atoms with Crippen LogP contribution in [0.3, 0.4) is 0 Å². The lowest BCUT2D eigenvalue weighted by Crippen LogP contribution is -2.45. The van der Waals surface area contributed by atoms with Crippen LogP contribution >= 0.6 is 0 Å². The Morgan fingerprint density at radius 3 is 2.81 bits per heavy atom. The minimum Gasteiger partial charge on any atom is -0.312 e. The van der Waals surface area contributed by atoms with Gasteiger partial charge in [0.2, 0.25) is 0 Å². The number of hydrogen-bond donors (Lipinski definition) is 1. The van der Waals surface area contributed by atoms with Crippen molar-refractivity contribution in [3.05, 3.63) is 0 Å². The van der Waals surface area contributed by atoms with Gasteiger partial charge in [0.25, 0.3) is 0 Å². The van der Waals surface area contributed by atoms with Gasteiger partial charge in [-0.05, 0) is 45.3 Å². The molecule has 2 unspecified atom stereocenters. The lowest BCUT2D eigenvalue weighted by Gasteiger charge is -2.31. The molecule has 2 atom stereocenters. The van der Waals surface area contributed by atoms with E-state index in [9.17, 15) is 8.42 Å². The minimum absolute atomic E-state index is 0.345. The second-order valence-corrected chi connectivity index (χ2v) is 7.51. The molecule has 0 bridgehead atoms. The van der Waals surface area contributed by atoms with Crippen molar-refractivity contribution in [3.63, 3.8) is 0 Å². The standard InChI is InChI=1S/C11H22N2O2S/c1-13-5-2-3-11(8-13)12-7-10-4-6-16(14,15)9-10/h10-12H,2-9H2,1H3. The van der Waals surface area contributed by atoms with Crippen molar-refractivity contribution < 1.29 is 8.42 Å². The van der Waals surface area contributed by atoms with Crippen LogP contribution in [0.5, 0.6) is 0 Å². The summed E-state index contributed by atoms with van der Waals surface area (Å²) in [6.07, 6.45) is 3.32. The molecule has 2 saturated heterocycles. The molecule has 16 heavy (non-hydrogen) atoms. The quantitative estimate of drug-likeness (QED) is 0.767. The molecule has 5 heteroatoms. The molecule has 2 aliphatic rings. The zero-order chi connectivity index (χ0) is 11.6. The number of piperidine rings is 1. The molecule has 2 fully saturated rings. The first-order valence-electron chi connectivity index (χ1n) is 6.17. The van der Waals surface area contributed by atoms with E-state index in [4.69, 9.17) is 0 Å². The highest BCUT2D eigenvalue weighted by Gasteiger charge is 2.28. The molecule has 0 radical (unpaired) electrons. The first kappa shape index (κ1) is 12.3. The number of rotatable bonds is 3. The Bertz CT molecular complexity index is 329. The number of likely N-dealkylation sites (N-methyl/N-ethyl adjacent to an activating group) is 1. The molecular weight excluding hydrogens is 224 g/mol. The number of nitrogens with one attached hydrogen (secondary N) is 1. The van der Waals surface area contributed by atoms with Crippen LogP contribution in [0.15, 0.2) is 0 Å². The van der Waals surface area contributed by atoms with Crippen LogP contribution < -0.4 is 5.32 Å². The minimum atomic E-state index is -2.71. The van der Waals surface area contributed by atoms with Gasteiger partial charge in [-0.1, -0.05) is 0 Å². The van der Waals surface area contributed by atoms with Crippen molar-refractivity contribution in [1.82, 2.24) is 10.2 Å². The van der Waals surface area contributed by atoms with E-state index < -0.39 is 9.84 Å². The summed E-state index contributed by atoms with van der Waals surface area (Å²) in [5.41, 5.74) is 0. The van der Waals surface area contributed by atoms with Crippen molar-refractivity contribution in [3.8, 4) is 0 Å². The van der Waals surface area contributed by atoms with Crippen LogP contribution in [0, 0.1) is 5.92 Å². The van der Waals surface area contributed by atoms with Crippen LogP contribution in [0.25, 0.3) is 0 Å². The monoisotopic (exact) mass is 246 g/mol. The summed E-state index contributed by atoms with van der Waals surface area (Å²) in [5.74, 6) is 1.13. The van der Waals surface area contributed by atoms with Crippen LogP contribution in [0.1, 0.15) is 19.3 Å². The number of nitrogens with zero attached hydrogens (tertiary/aromatic N) is 1. The predicted octanol–water partition coefficient (Wildman–Crippen LogP) is 0.105. The molecule has 0 amide bonds. The molecule has 2 aliphatic heterocycles. The van der Waals surface area contributed by atoms with Crippen LogP contribution in [0.2, 0.25) is 0 Å². The first-order valence-corrected chi connectivity index (χ1v) is 8.00. The average molecular weight is 246 g/mol. The summed E-state index contributed by atoms with van der Waals surface area (Å²) < 4.78 is 22.6. The highest BCUT2D eigenvalue weighted by Crippen LogP contribution is 2.18. The molecule has 0 spiro atoms. The molecule has 4 nitrogen and oxygen atoms in total. The number of likely N-dealkylation sites (tertiary alicyclic amines) is 1. The van der Waals surface area contributed by atoms with Gasteiger partial charge in [-0.25, -0.2) is 8.42 Å². The Morgan fingerprint density at radius 2 is 2.19 bits per heavy atom. The van der Waals surface area contributed by atoms with Gasteiger partial charge < -0.3 is 10.2 Å².